The van der Waals surface area contributed by atoms with Gasteiger partial charge in [0, 0.05) is 24.6 Å². The molecule has 0 saturated heterocycles. The SMILES string of the molecule is C[C@@H](N)C(=O)N(C)[C@H]1CC[C@@]2(C)[C@H](CC[C@@H]3[C@@H]2CC[C@]2(C)[C@@H](C4=CC(=O)OC4)CC[C@]32O)C1. The molecule has 4 saturated carbocycles. The third-order valence-corrected chi connectivity index (χ3v) is 11.2. The van der Waals surface area contributed by atoms with E-state index in [4.69, 9.17) is 10.5 Å². The van der Waals surface area contributed by atoms with Crippen molar-refractivity contribution in [1.29, 1.82) is 0 Å². The Morgan fingerprint density at radius 3 is 2.58 bits per heavy atom. The summed E-state index contributed by atoms with van der Waals surface area (Å²) in [4.78, 5) is 26.2. The molecule has 0 aromatic rings. The lowest BCUT2D eigenvalue weighted by atomic mass is 9.43. The van der Waals surface area contributed by atoms with Crippen molar-refractivity contribution in [2.24, 2.45) is 40.2 Å². The Labute approximate surface area is 198 Å². The Hall–Kier alpha value is -1.40. The lowest BCUT2D eigenvalue weighted by Crippen LogP contribution is -2.63. The Morgan fingerprint density at radius 1 is 1.15 bits per heavy atom. The molecule has 5 aliphatic rings. The monoisotopic (exact) mass is 458 g/mol. The maximum absolute atomic E-state index is 12.5. The molecule has 0 bridgehead atoms. The van der Waals surface area contributed by atoms with Crippen molar-refractivity contribution in [3.8, 4) is 0 Å². The van der Waals surface area contributed by atoms with E-state index in [0.717, 1.165) is 63.4 Å². The van der Waals surface area contributed by atoms with Crippen molar-refractivity contribution >= 4 is 11.9 Å². The molecule has 4 aliphatic carbocycles. The predicted octanol–water partition coefficient (Wildman–Crippen LogP) is 3.42. The zero-order valence-electron chi connectivity index (χ0n) is 20.8. The lowest BCUT2D eigenvalue weighted by molar-refractivity contribution is -0.206. The quantitative estimate of drug-likeness (QED) is 0.632. The lowest BCUT2D eigenvalue weighted by Gasteiger charge is -2.64. The number of aliphatic hydroxyl groups is 1. The molecule has 1 amide bonds. The zero-order chi connectivity index (χ0) is 23.8. The summed E-state index contributed by atoms with van der Waals surface area (Å²) in [5, 5.41) is 12.3. The summed E-state index contributed by atoms with van der Waals surface area (Å²) >= 11 is 0. The second kappa shape index (κ2) is 7.81. The van der Waals surface area contributed by atoms with Crippen LogP contribution in [0.5, 0.6) is 0 Å². The van der Waals surface area contributed by atoms with E-state index >= 15 is 0 Å². The van der Waals surface area contributed by atoms with E-state index in [0.29, 0.717) is 24.4 Å². The first-order valence-electron chi connectivity index (χ1n) is 13.1. The normalized spacial score (nSPS) is 47.6. The molecular weight excluding hydrogens is 416 g/mol. The summed E-state index contributed by atoms with van der Waals surface area (Å²) in [6, 6.07) is -0.173. The fraction of sp³-hybridized carbons (Fsp3) is 0.852. The zero-order valence-corrected chi connectivity index (χ0v) is 20.8. The van der Waals surface area contributed by atoms with Crippen molar-refractivity contribution in [3.05, 3.63) is 11.6 Å². The maximum Gasteiger partial charge on any atom is 0.331 e. The molecule has 9 atom stereocenters. The molecule has 1 heterocycles. The summed E-state index contributed by atoms with van der Waals surface area (Å²) in [6.45, 7) is 6.93. The third-order valence-electron chi connectivity index (χ3n) is 11.2. The minimum Gasteiger partial charge on any atom is -0.458 e. The van der Waals surface area contributed by atoms with Crippen LogP contribution in [0.25, 0.3) is 0 Å². The van der Waals surface area contributed by atoms with Gasteiger partial charge in [-0.25, -0.2) is 4.79 Å². The first-order valence-corrected chi connectivity index (χ1v) is 13.1. The van der Waals surface area contributed by atoms with Crippen LogP contribution in [-0.2, 0) is 14.3 Å². The van der Waals surface area contributed by atoms with Gasteiger partial charge in [-0.05, 0) is 99.4 Å². The first kappa shape index (κ1) is 23.3. The highest BCUT2D eigenvalue weighted by Crippen LogP contribution is 2.70. The van der Waals surface area contributed by atoms with Gasteiger partial charge in [-0.2, -0.15) is 0 Å². The van der Waals surface area contributed by atoms with E-state index in [-0.39, 0.29) is 34.7 Å². The fourth-order valence-corrected chi connectivity index (χ4v) is 9.24. The Bertz CT molecular complexity index is 870. The van der Waals surface area contributed by atoms with Crippen molar-refractivity contribution < 1.29 is 19.4 Å². The number of hydrogen-bond donors (Lipinski definition) is 2. The Balaban J connectivity index is 1.36. The minimum absolute atomic E-state index is 0.0423. The van der Waals surface area contributed by atoms with Crippen LogP contribution < -0.4 is 5.73 Å². The van der Waals surface area contributed by atoms with Gasteiger partial charge in [0.2, 0.25) is 5.91 Å². The van der Waals surface area contributed by atoms with Gasteiger partial charge in [0.25, 0.3) is 0 Å². The molecule has 3 N–H and O–H groups in total. The first-order chi connectivity index (χ1) is 15.5. The molecule has 184 valence electrons. The summed E-state index contributed by atoms with van der Waals surface area (Å²) in [5.41, 5.74) is 6.35. The summed E-state index contributed by atoms with van der Waals surface area (Å²) in [5.74, 6) is 1.50. The number of hydrogen-bond acceptors (Lipinski definition) is 5. The van der Waals surface area contributed by atoms with Crippen LogP contribution >= 0.6 is 0 Å². The largest absolute Gasteiger partial charge is 0.458 e. The predicted molar refractivity (Wildman–Crippen MR) is 126 cm³/mol. The third kappa shape index (κ3) is 3.26. The molecule has 0 aromatic heterocycles. The van der Waals surface area contributed by atoms with E-state index in [9.17, 15) is 14.7 Å². The number of amides is 1. The molecule has 6 nitrogen and oxygen atoms in total. The minimum atomic E-state index is -0.667. The standard InChI is InChI=1S/C27H42N2O4/c1-16(28)24(31)29(4)19-7-10-25(2)18(14-19)5-6-22-21(25)8-11-26(3)20(9-12-27(22,26)32)17-13-23(30)33-15-17/h13,16,18-22,32H,5-12,14-15,28H2,1-4H3/t16-,18-,19+,20-,21+,22-,25+,26-,27+/m1/s1. The smallest absolute Gasteiger partial charge is 0.331 e. The number of cyclic esters (lactones) is 1. The fourth-order valence-electron chi connectivity index (χ4n) is 9.24. The second-order valence-electron chi connectivity index (χ2n) is 12.5. The van der Waals surface area contributed by atoms with Crippen molar-refractivity contribution in [2.45, 2.75) is 96.2 Å². The topological polar surface area (TPSA) is 92.9 Å². The summed E-state index contributed by atoms with van der Waals surface area (Å²) in [6.07, 6.45) is 11.0. The highest BCUT2D eigenvalue weighted by Gasteiger charge is 2.67. The van der Waals surface area contributed by atoms with E-state index in [1.165, 1.54) is 0 Å². The van der Waals surface area contributed by atoms with Crippen LogP contribution in [0.3, 0.4) is 0 Å². The molecular formula is C27H42N2O4. The van der Waals surface area contributed by atoms with Crippen LogP contribution in [-0.4, -0.2) is 53.2 Å². The number of ether oxygens (including phenoxy) is 1. The molecule has 0 spiro atoms. The number of esters is 1. The molecule has 6 heteroatoms. The molecule has 5 rings (SSSR count). The van der Waals surface area contributed by atoms with Crippen LogP contribution in [0.2, 0.25) is 0 Å². The van der Waals surface area contributed by atoms with Gasteiger partial charge in [-0.1, -0.05) is 13.8 Å². The average molecular weight is 459 g/mol. The number of fused-ring (bicyclic) bond motifs is 5. The van der Waals surface area contributed by atoms with Gasteiger partial charge >= 0.3 is 5.97 Å². The highest BCUT2D eigenvalue weighted by atomic mass is 16.5. The van der Waals surface area contributed by atoms with Gasteiger partial charge in [0.1, 0.15) is 6.61 Å². The molecule has 1 aliphatic heterocycles. The van der Waals surface area contributed by atoms with Crippen LogP contribution in [0.4, 0.5) is 0 Å². The number of rotatable bonds is 3. The molecule has 0 unspecified atom stereocenters. The van der Waals surface area contributed by atoms with E-state index in [1.807, 2.05) is 11.9 Å². The molecule has 0 aromatic carbocycles. The summed E-state index contributed by atoms with van der Waals surface area (Å²) in [7, 11) is 1.92. The number of carbonyl (C=O) groups excluding carboxylic acids is 2. The Morgan fingerprint density at radius 2 is 1.91 bits per heavy atom. The van der Waals surface area contributed by atoms with Crippen LogP contribution in [0.1, 0.15) is 78.6 Å². The van der Waals surface area contributed by atoms with Gasteiger partial charge < -0.3 is 20.5 Å². The van der Waals surface area contributed by atoms with Crippen molar-refractivity contribution in [1.82, 2.24) is 4.90 Å². The number of nitrogens with two attached hydrogens (primary N) is 1. The summed E-state index contributed by atoms with van der Waals surface area (Å²) < 4.78 is 5.24. The van der Waals surface area contributed by atoms with E-state index < -0.39 is 11.6 Å². The van der Waals surface area contributed by atoms with Crippen molar-refractivity contribution in [2.75, 3.05) is 13.7 Å². The molecule has 0 radical (unpaired) electrons. The molecule has 4 fully saturated rings. The number of nitrogens with zero attached hydrogens (tertiary/aromatic N) is 1. The average Bonchev–Trinajstić information content (AvgIpc) is 3.32. The van der Waals surface area contributed by atoms with E-state index in [2.05, 4.69) is 13.8 Å². The van der Waals surface area contributed by atoms with Crippen LogP contribution in [0, 0.1) is 34.5 Å². The second-order valence-corrected chi connectivity index (χ2v) is 12.5. The van der Waals surface area contributed by atoms with Gasteiger partial charge in [-0.3, -0.25) is 4.79 Å². The van der Waals surface area contributed by atoms with Gasteiger partial charge in [-0.15, -0.1) is 0 Å². The van der Waals surface area contributed by atoms with E-state index in [1.54, 1.807) is 13.0 Å². The van der Waals surface area contributed by atoms with Gasteiger partial charge in [0.15, 0.2) is 0 Å². The number of carbonyl (C=O) groups is 2. The Kier molecular flexibility index (Phi) is 5.52. The maximum atomic E-state index is 12.5. The number of likely N-dealkylation sites (N-methyl/N-ethyl adjacent to an activating group) is 1. The highest BCUT2D eigenvalue weighted by molar-refractivity contribution is 5.85. The van der Waals surface area contributed by atoms with Crippen LogP contribution in [0.15, 0.2) is 11.6 Å². The molecule has 33 heavy (non-hydrogen) atoms. The van der Waals surface area contributed by atoms with Gasteiger partial charge in [0.05, 0.1) is 11.6 Å². The van der Waals surface area contributed by atoms with Crippen molar-refractivity contribution in [3.63, 3.8) is 0 Å².